The van der Waals surface area contributed by atoms with Gasteiger partial charge in [0.05, 0.1) is 5.25 Å². The summed E-state index contributed by atoms with van der Waals surface area (Å²) in [6, 6.07) is 7.91. The van der Waals surface area contributed by atoms with Crippen molar-refractivity contribution in [1.82, 2.24) is 5.32 Å². The minimum absolute atomic E-state index is 0.0836. The van der Waals surface area contributed by atoms with Crippen molar-refractivity contribution in [3.8, 4) is 0 Å². The fourth-order valence-electron chi connectivity index (χ4n) is 2.91. The minimum atomic E-state index is -0.129. The molecule has 0 spiro atoms. The Morgan fingerprint density at radius 3 is 2.43 bits per heavy atom. The number of hydrogen-bond donors (Lipinski definition) is 2. The maximum Gasteiger partial charge on any atom is 0.233 e. The lowest BCUT2D eigenvalue weighted by molar-refractivity contribution is -0.121. The Bertz CT molecular complexity index is 544. The van der Waals surface area contributed by atoms with Crippen molar-refractivity contribution in [2.24, 2.45) is 5.92 Å². The Kier molecular flexibility index (Phi) is 6.51. The Hall–Kier alpha value is -1.49. The number of carbonyl (C=O) groups excluding carboxylic acids is 2. The van der Waals surface area contributed by atoms with Crippen LogP contribution in [0.4, 0.5) is 5.69 Å². The van der Waals surface area contributed by atoms with Crippen LogP contribution in [0.25, 0.3) is 0 Å². The summed E-state index contributed by atoms with van der Waals surface area (Å²) >= 11 is 1.54. The second-order valence-corrected chi connectivity index (χ2v) is 7.76. The molecule has 0 aliphatic heterocycles. The molecule has 4 nitrogen and oxygen atoms in total. The first kappa shape index (κ1) is 17.9. The summed E-state index contributed by atoms with van der Waals surface area (Å²) in [7, 11) is 0. The highest BCUT2D eigenvalue weighted by atomic mass is 32.2. The van der Waals surface area contributed by atoms with E-state index < -0.39 is 0 Å². The standard InChI is InChI=1S/C18H26N2O2S/c1-12-6-4-5-7-17(12)20-18(22)13(2)23-16-10-8-15(9-11-16)19-14(3)21/h8-13,17H,4-7H2,1-3H3,(H,19,21)(H,20,22). The average Bonchev–Trinajstić information content (AvgIpc) is 2.51. The van der Waals surface area contributed by atoms with Crippen LogP contribution in [0.1, 0.15) is 46.5 Å². The number of hydrogen-bond acceptors (Lipinski definition) is 3. The first-order valence-corrected chi connectivity index (χ1v) is 9.18. The molecule has 0 heterocycles. The molecular formula is C18H26N2O2S. The molecule has 0 bridgehead atoms. The third-order valence-electron chi connectivity index (χ3n) is 4.30. The largest absolute Gasteiger partial charge is 0.352 e. The predicted octanol–water partition coefficient (Wildman–Crippen LogP) is 3.82. The Labute approximate surface area is 142 Å². The van der Waals surface area contributed by atoms with E-state index in [1.54, 1.807) is 11.8 Å². The van der Waals surface area contributed by atoms with Crippen molar-refractivity contribution >= 4 is 29.3 Å². The third kappa shape index (κ3) is 5.57. The number of carbonyl (C=O) groups is 2. The summed E-state index contributed by atoms with van der Waals surface area (Å²) in [6.07, 6.45) is 4.78. The van der Waals surface area contributed by atoms with Crippen LogP contribution in [0.3, 0.4) is 0 Å². The molecule has 126 valence electrons. The molecule has 1 aromatic carbocycles. The molecule has 23 heavy (non-hydrogen) atoms. The van der Waals surface area contributed by atoms with Crippen molar-refractivity contribution < 1.29 is 9.59 Å². The van der Waals surface area contributed by atoms with Crippen LogP contribution in [0.15, 0.2) is 29.2 Å². The number of anilines is 1. The highest BCUT2D eigenvalue weighted by Gasteiger charge is 2.25. The van der Waals surface area contributed by atoms with Crippen molar-refractivity contribution in [3.05, 3.63) is 24.3 Å². The topological polar surface area (TPSA) is 58.2 Å². The van der Waals surface area contributed by atoms with E-state index in [1.807, 2.05) is 31.2 Å². The smallest absolute Gasteiger partial charge is 0.233 e. The number of thioether (sulfide) groups is 1. The highest BCUT2D eigenvalue weighted by Crippen LogP contribution is 2.27. The maximum atomic E-state index is 12.4. The van der Waals surface area contributed by atoms with Crippen LogP contribution >= 0.6 is 11.8 Å². The van der Waals surface area contributed by atoms with Gasteiger partial charge in [0.25, 0.3) is 0 Å². The lowest BCUT2D eigenvalue weighted by atomic mass is 9.86. The van der Waals surface area contributed by atoms with E-state index in [1.165, 1.54) is 26.2 Å². The lowest BCUT2D eigenvalue weighted by Crippen LogP contribution is -2.44. The minimum Gasteiger partial charge on any atom is -0.352 e. The molecule has 2 amide bonds. The summed E-state index contributed by atoms with van der Waals surface area (Å²) in [4.78, 5) is 24.4. The number of amides is 2. The highest BCUT2D eigenvalue weighted by molar-refractivity contribution is 8.00. The van der Waals surface area contributed by atoms with Crippen molar-refractivity contribution in [2.75, 3.05) is 5.32 Å². The van der Waals surface area contributed by atoms with Crippen LogP contribution in [0, 0.1) is 5.92 Å². The van der Waals surface area contributed by atoms with Gasteiger partial charge in [-0.2, -0.15) is 0 Å². The molecule has 0 radical (unpaired) electrons. The predicted molar refractivity (Wildman–Crippen MR) is 95.6 cm³/mol. The molecule has 0 aromatic heterocycles. The number of nitrogens with one attached hydrogen (secondary N) is 2. The van der Waals surface area contributed by atoms with Gasteiger partial charge in [-0.25, -0.2) is 0 Å². The van der Waals surface area contributed by atoms with Crippen LogP contribution in [0.2, 0.25) is 0 Å². The van der Waals surface area contributed by atoms with Gasteiger partial charge in [0, 0.05) is 23.5 Å². The second kappa shape index (κ2) is 8.39. The van der Waals surface area contributed by atoms with Gasteiger partial charge in [0.2, 0.25) is 11.8 Å². The Balaban J connectivity index is 1.86. The molecular weight excluding hydrogens is 308 g/mol. The summed E-state index contributed by atoms with van der Waals surface area (Å²) in [6.45, 7) is 5.65. The molecule has 2 rings (SSSR count). The maximum absolute atomic E-state index is 12.4. The van der Waals surface area contributed by atoms with Crippen LogP contribution in [-0.4, -0.2) is 23.1 Å². The van der Waals surface area contributed by atoms with Crippen LogP contribution in [-0.2, 0) is 9.59 Å². The molecule has 2 N–H and O–H groups in total. The molecule has 0 saturated heterocycles. The van der Waals surface area contributed by atoms with E-state index in [0.29, 0.717) is 12.0 Å². The van der Waals surface area contributed by atoms with Gasteiger partial charge < -0.3 is 10.6 Å². The zero-order chi connectivity index (χ0) is 16.8. The lowest BCUT2D eigenvalue weighted by Gasteiger charge is -2.30. The van der Waals surface area contributed by atoms with E-state index >= 15 is 0 Å². The van der Waals surface area contributed by atoms with E-state index in [2.05, 4.69) is 17.6 Å². The van der Waals surface area contributed by atoms with E-state index in [4.69, 9.17) is 0 Å². The summed E-state index contributed by atoms with van der Waals surface area (Å²) in [5.74, 6) is 0.598. The van der Waals surface area contributed by atoms with Crippen LogP contribution < -0.4 is 10.6 Å². The molecule has 1 saturated carbocycles. The molecule has 1 aliphatic rings. The Morgan fingerprint density at radius 2 is 1.83 bits per heavy atom. The molecule has 1 aliphatic carbocycles. The van der Waals surface area contributed by atoms with Gasteiger partial charge in [-0.15, -0.1) is 11.8 Å². The number of benzene rings is 1. The Morgan fingerprint density at radius 1 is 1.17 bits per heavy atom. The van der Waals surface area contributed by atoms with Gasteiger partial charge in [0.15, 0.2) is 0 Å². The van der Waals surface area contributed by atoms with Gasteiger partial charge in [-0.1, -0.05) is 19.8 Å². The normalized spacial score (nSPS) is 22.2. The third-order valence-corrected chi connectivity index (χ3v) is 5.41. The molecule has 1 aromatic rings. The molecule has 5 heteroatoms. The first-order chi connectivity index (χ1) is 11.0. The van der Waals surface area contributed by atoms with Gasteiger partial charge >= 0.3 is 0 Å². The summed E-state index contributed by atoms with van der Waals surface area (Å²) in [5.41, 5.74) is 0.773. The fraction of sp³-hybridized carbons (Fsp3) is 0.556. The zero-order valence-electron chi connectivity index (χ0n) is 14.1. The molecule has 3 atom stereocenters. The molecule has 1 fully saturated rings. The van der Waals surface area contributed by atoms with Gasteiger partial charge in [0.1, 0.15) is 0 Å². The SMILES string of the molecule is CC(=O)Nc1ccc(SC(C)C(=O)NC2CCCCC2C)cc1. The van der Waals surface area contributed by atoms with Crippen molar-refractivity contribution in [3.63, 3.8) is 0 Å². The van der Waals surface area contributed by atoms with Gasteiger partial charge in [-0.3, -0.25) is 9.59 Å². The quantitative estimate of drug-likeness (QED) is 0.805. The zero-order valence-corrected chi connectivity index (χ0v) is 14.9. The second-order valence-electron chi connectivity index (χ2n) is 6.34. The molecule has 3 unspecified atom stereocenters. The van der Waals surface area contributed by atoms with E-state index in [9.17, 15) is 9.59 Å². The summed E-state index contributed by atoms with van der Waals surface area (Å²) in [5, 5.41) is 5.82. The fourth-order valence-corrected chi connectivity index (χ4v) is 3.79. The van der Waals surface area contributed by atoms with Crippen molar-refractivity contribution in [1.29, 1.82) is 0 Å². The van der Waals surface area contributed by atoms with Crippen molar-refractivity contribution in [2.45, 2.75) is 62.6 Å². The number of rotatable bonds is 5. The first-order valence-electron chi connectivity index (χ1n) is 8.30. The van der Waals surface area contributed by atoms with Gasteiger partial charge in [-0.05, 0) is 49.9 Å². The summed E-state index contributed by atoms with van der Waals surface area (Å²) < 4.78 is 0. The van der Waals surface area contributed by atoms with Crippen LogP contribution in [0.5, 0.6) is 0 Å². The average molecular weight is 334 g/mol. The van der Waals surface area contributed by atoms with E-state index in [0.717, 1.165) is 17.0 Å². The van der Waals surface area contributed by atoms with E-state index in [-0.39, 0.29) is 17.1 Å². The monoisotopic (exact) mass is 334 g/mol.